The number of aromatic nitrogens is 2. The summed E-state index contributed by atoms with van der Waals surface area (Å²) in [5, 5.41) is 12.0. The molecule has 15 heavy (non-hydrogen) atoms. The van der Waals surface area contributed by atoms with Gasteiger partial charge in [0.1, 0.15) is 5.82 Å². The SMILES string of the molecule is CC(Cc1ccsc1)Nc1ccn(C)n1. The average Bonchev–Trinajstić information content (AvgIpc) is 2.77. The predicted molar refractivity (Wildman–Crippen MR) is 64.3 cm³/mol. The molecule has 0 radical (unpaired) electrons. The van der Waals surface area contributed by atoms with Gasteiger partial charge in [0.25, 0.3) is 0 Å². The topological polar surface area (TPSA) is 29.9 Å². The summed E-state index contributed by atoms with van der Waals surface area (Å²) in [4.78, 5) is 0. The molecule has 0 saturated heterocycles. The van der Waals surface area contributed by atoms with Crippen molar-refractivity contribution in [3.05, 3.63) is 34.7 Å². The van der Waals surface area contributed by atoms with Crippen LogP contribution in [0.5, 0.6) is 0 Å². The molecule has 1 N–H and O–H groups in total. The van der Waals surface area contributed by atoms with Crippen molar-refractivity contribution in [2.24, 2.45) is 7.05 Å². The van der Waals surface area contributed by atoms with Crippen LogP contribution in [0.2, 0.25) is 0 Å². The van der Waals surface area contributed by atoms with E-state index in [4.69, 9.17) is 0 Å². The van der Waals surface area contributed by atoms with Gasteiger partial charge in [-0.3, -0.25) is 4.68 Å². The molecule has 0 fully saturated rings. The number of thiophene rings is 1. The molecule has 0 amide bonds. The summed E-state index contributed by atoms with van der Waals surface area (Å²) in [6.45, 7) is 2.17. The van der Waals surface area contributed by atoms with Crippen LogP contribution in [0.25, 0.3) is 0 Å². The largest absolute Gasteiger partial charge is 0.366 e. The fourth-order valence-corrected chi connectivity index (χ4v) is 2.24. The summed E-state index contributed by atoms with van der Waals surface area (Å²) in [5.74, 6) is 0.945. The summed E-state index contributed by atoms with van der Waals surface area (Å²) in [6, 6.07) is 4.57. The summed E-state index contributed by atoms with van der Waals surface area (Å²) < 4.78 is 1.81. The zero-order chi connectivity index (χ0) is 10.7. The fraction of sp³-hybridized carbons (Fsp3) is 0.364. The van der Waals surface area contributed by atoms with Gasteiger partial charge in [-0.1, -0.05) is 0 Å². The third kappa shape index (κ3) is 2.83. The second kappa shape index (κ2) is 4.49. The van der Waals surface area contributed by atoms with Crippen LogP contribution in [-0.2, 0) is 13.5 Å². The first kappa shape index (κ1) is 10.2. The van der Waals surface area contributed by atoms with Gasteiger partial charge in [0.05, 0.1) is 0 Å². The normalized spacial score (nSPS) is 12.7. The monoisotopic (exact) mass is 221 g/mol. The lowest BCUT2D eigenvalue weighted by molar-refractivity contribution is 0.746. The molecule has 2 aromatic heterocycles. The zero-order valence-electron chi connectivity index (χ0n) is 8.97. The Hall–Kier alpha value is -1.29. The number of hydrogen-bond donors (Lipinski definition) is 1. The highest BCUT2D eigenvalue weighted by Gasteiger charge is 2.05. The highest BCUT2D eigenvalue weighted by molar-refractivity contribution is 7.07. The van der Waals surface area contributed by atoms with E-state index in [1.807, 2.05) is 19.3 Å². The molecule has 1 atom stereocenters. The first-order valence-corrected chi connectivity index (χ1v) is 5.95. The molecular weight excluding hydrogens is 206 g/mol. The smallest absolute Gasteiger partial charge is 0.148 e. The molecule has 0 saturated carbocycles. The van der Waals surface area contributed by atoms with Crippen LogP contribution in [-0.4, -0.2) is 15.8 Å². The molecule has 0 aromatic carbocycles. The fourth-order valence-electron chi connectivity index (χ4n) is 1.56. The Kier molecular flexibility index (Phi) is 3.06. The maximum Gasteiger partial charge on any atom is 0.148 e. The van der Waals surface area contributed by atoms with Crippen molar-refractivity contribution in [3.63, 3.8) is 0 Å². The van der Waals surface area contributed by atoms with Crippen molar-refractivity contribution in [3.8, 4) is 0 Å². The molecule has 0 bridgehead atoms. The summed E-state index contributed by atoms with van der Waals surface area (Å²) in [6.07, 6.45) is 2.99. The summed E-state index contributed by atoms with van der Waals surface area (Å²) >= 11 is 1.74. The van der Waals surface area contributed by atoms with Crippen LogP contribution in [0, 0.1) is 0 Å². The van der Waals surface area contributed by atoms with Crippen LogP contribution in [0.3, 0.4) is 0 Å². The predicted octanol–water partition coefficient (Wildman–Crippen LogP) is 2.52. The van der Waals surface area contributed by atoms with E-state index >= 15 is 0 Å². The van der Waals surface area contributed by atoms with E-state index in [1.165, 1.54) is 5.56 Å². The van der Waals surface area contributed by atoms with E-state index < -0.39 is 0 Å². The van der Waals surface area contributed by atoms with Crippen molar-refractivity contribution >= 4 is 17.2 Å². The molecule has 4 heteroatoms. The minimum Gasteiger partial charge on any atom is -0.366 e. The van der Waals surface area contributed by atoms with Gasteiger partial charge in [0, 0.05) is 25.4 Å². The van der Waals surface area contributed by atoms with Crippen LogP contribution in [0.1, 0.15) is 12.5 Å². The van der Waals surface area contributed by atoms with Gasteiger partial charge < -0.3 is 5.32 Å². The second-order valence-electron chi connectivity index (χ2n) is 3.76. The highest BCUT2D eigenvalue weighted by atomic mass is 32.1. The van der Waals surface area contributed by atoms with Crippen LogP contribution < -0.4 is 5.32 Å². The van der Waals surface area contributed by atoms with Crippen molar-refractivity contribution in [1.29, 1.82) is 0 Å². The Balaban J connectivity index is 1.90. The van der Waals surface area contributed by atoms with Gasteiger partial charge in [-0.25, -0.2) is 0 Å². The summed E-state index contributed by atoms with van der Waals surface area (Å²) in [5.41, 5.74) is 1.39. The molecule has 3 nitrogen and oxygen atoms in total. The lowest BCUT2D eigenvalue weighted by Gasteiger charge is -2.11. The maximum absolute atomic E-state index is 4.29. The van der Waals surface area contributed by atoms with Gasteiger partial charge in [0.15, 0.2) is 0 Å². The maximum atomic E-state index is 4.29. The Morgan fingerprint density at radius 2 is 2.40 bits per heavy atom. The van der Waals surface area contributed by atoms with Crippen molar-refractivity contribution < 1.29 is 0 Å². The summed E-state index contributed by atoms with van der Waals surface area (Å²) in [7, 11) is 1.93. The Labute approximate surface area is 93.7 Å². The van der Waals surface area contributed by atoms with Gasteiger partial charge >= 0.3 is 0 Å². The number of aryl methyl sites for hydroxylation is 1. The number of anilines is 1. The third-order valence-electron chi connectivity index (χ3n) is 2.23. The molecule has 2 rings (SSSR count). The van der Waals surface area contributed by atoms with Crippen molar-refractivity contribution in [2.45, 2.75) is 19.4 Å². The lowest BCUT2D eigenvalue weighted by atomic mass is 10.1. The standard InChI is InChI=1S/C11H15N3S/c1-9(7-10-4-6-15-8-10)12-11-3-5-14(2)13-11/h3-6,8-9H,7H2,1-2H3,(H,12,13). The number of nitrogens with zero attached hydrogens (tertiary/aromatic N) is 2. The first-order chi connectivity index (χ1) is 7.24. The minimum atomic E-state index is 0.412. The Morgan fingerprint density at radius 3 is 3.00 bits per heavy atom. The zero-order valence-corrected chi connectivity index (χ0v) is 9.79. The molecule has 0 aliphatic carbocycles. The van der Waals surface area contributed by atoms with E-state index in [0.717, 1.165) is 12.2 Å². The quantitative estimate of drug-likeness (QED) is 0.859. The highest BCUT2D eigenvalue weighted by Crippen LogP contribution is 2.11. The third-order valence-corrected chi connectivity index (χ3v) is 2.96. The lowest BCUT2D eigenvalue weighted by Crippen LogP contribution is -2.18. The van der Waals surface area contributed by atoms with Gasteiger partial charge in [-0.2, -0.15) is 16.4 Å². The molecule has 0 aliphatic heterocycles. The molecule has 2 heterocycles. The minimum absolute atomic E-state index is 0.412. The van der Waals surface area contributed by atoms with Gasteiger partial charge in [0.2, 0.25) is 0 Å². The van der Waals surface area contributed by atoms with E-state index in [2.05, 4.69) is 34.2 Å². The Morgan fingerprint density at radius 1 is 1.53 bits per heavy atom. The van der Waals surface area contributed by atoms with E-state index in [0.29, 0.717) is 6.04 Å². The molecule has 1 unspecified atom stereocenters. The van der Waals surface area contributed by atoms with Crippen LogP contribution in [0.15, 0.2) is 29.1 Å². The number of nitrogens with one attached hydrogen (secondary N) is 1. The van der Waals surface area contributed by atoms with E-state index in [9.17, 15) is 0 Å². The first-order valence-electron chi connectivity index (χ1n) is 5.01. The van der Waals surface area contributed by atoms with E-state index in [-0.39, 0.29) is 0 Å². The molecule has 0 aliphatic rings. The average molecular weight is 221 g/mol. The molecule has 0 spiro atoms. The molecular formula is C11H15N3S. The van der Waals surface area contributed by atoms with Crippen LogP contribution in [0.4, 0.5) is 5.82 Å². The molecule has 80 valence electrons. The molecule has 2 aromatic rings. The van der Waals surface area contributed by atoms with Crippen LogP contribution >= 0.6 is 11.3 Å². The van der Waals surface area contributed by atoms with Crippen molar-refractivity contribution in [2.75, 3.05) is 5.32 Å². The van der Waals surface area contributed by atoms with Gasteiger partial charge in [-0.05, 0) is 35.7 Å². The van der Waals surface area contributed by atoms with Gasteiger partial charge in [-0.15, -0.1) is 0 Å². The van der Waals surface area contributed by atoms with Crippen molar-refractivity contribution in [1.82, 2.24) is 9.78 Å². The number of rotatable bonds is 4. The Bertz CT molecular complexity index is 405. The second-order valence-corrected chi connectivity index (χ2v) is 4.54. The van der Waals surface area contributed by atoms with E-state index in [1.54, 1.807) is 16.0 Å². The number of hydrogen-bond acceptors (Lipinski definition) is 3.